The number of amides is 2. The van der Waals surface area contributed by atoms with Gasteiger partial charge < -0.3 is 10.1 Å². The first-order valence-electron chi connectivity index (χ1n) is 9.11. The zero-order valence-electron chi connectivity index (χ0n) is 16.0. The number of thioether (sulfide) groups is 1. The van der Waals surface area contributed by atoms with Crippen molar-refractivity contribution in [2.45, 2.75) is 26.2 Å². The largest absolute Gasteiger partial charge is 0.495 e. The smallest absolute Gasteiger partial charge is 0.332 e. The van der Waals surface area contributed by atoms with Crippen molar-refractivity contribution >= 4 is 28.6 Å². The number of urea groups is 1. The Hall–Kier alpha value is -2.47. The third kappa shape index (κ3) is 6.03. The third-order valence-corrected chi connectivity index (χ3v) is 4.88. The standard InChI is InChI=1S/C21H27N3O2S/c1-4-6-7-12-17(11-5-2)24(21-22-15-10-16-27-21)20(25)23-18-13-8-9-14-19(18)26-3/h5,7-9,11-14H,2,4,6,10,15-16H2,1,3H3,(H,23,25). The first-order valence-corrected chi connectivity index (χ1v) is 10.1. The lowest BCUT2D eigenvalue weighted by atomic mass is 10.2. The minimum atomic E-state index is -0.276. The number of nitrogens with zero attached hydrogens (tertiary/aromatic N) is 2. The lowest BCUT2D eigenvalue weighted by molar-refractivity contribution is 0.241. The van der Waals surface area contributed by atoms with Crippen LogP contribution < -0.4 is 10.1 Å². The molecule has 0 saturated carbocycles. The van der Waals surface area contributed by atoms with Gasteiger partial charge in [0.2, 0.25) is 0 Å². The molecule has 0 radical (unpaired) electrons. The van der Waals surface area contributed by atoms with E-state index in [9.17, 15) is 4.79 Å². The molecule has 0 spiro atoms. The highest BCUT2D eigenvalue weighted by Gasteiger charge is 2.25. The Morgan fingerprint density at radius 3 is 2.93 bits per heavy atom. The molecule has 0 aliphatic carbocycles. The van der Waals surface area contributed by atoms with Gasteiger partial charge in [0.1, 0.15) is 5.75 Å². The Bertz CT molecular complexity index is 741. The number of benzene rings is 1. The van der Waals surface area contributed by atoms with Crippen molar-refractivity contribution in [3.8, 4) is 5.75 Å². The van der Waals surface area contributed by atoms with Gasteiger partial charge in [-0.15, -0.1) is 0 Å². The number of unbranched alkanes of at least 4 members (excludes halogenated alkanes) is 1. The Morgan fingerprint density at radius 2 is 2.26 bits per heavy atom. The third-order valence-electron chi connectivity index (χ3n) is 3.81. The van der Waals surface area contributed by atoms with Gasteiger partial charge in [-0.1, -0.05) is 56.0 Å². The summed E-state index contributed by atoms with van der Waals surface area (Å²) in [5, 5.41) is 3.64. The summed E-state index contributed by atoms with van der Waals surface area (Å²) in [7, 11) is 1.58. The molecule has 6 heteroatoms. The van der Waals surface area contributed by atoms with Crippen LogP contribution in [0.1, 0.15) is 26.2 Å². The number of anilines is 1. The number of aliphatic imine (C=N–C) groups is 1. The molecule has 1 heterocycles. The molecule has 1 N–H and O–H groups in total. The molecule has 144 valence electrons. The maximum atomic E-state index is 13.2. The number of para-hydroxylation sites is 2. The van der Waals surface area contributed by atoms with Crippen LogP contribution in [0.2, 0.25) is 0 Å². The SMILES string of the molecule is C=CC=C(C=CCCC)N(C(=O)Nc1ccccc1OC)C1=NCCCS1. The number of nitrogens with one attached hydrogen (secondary N) is 1. The number of allylic oxidation sites excluding steroid dienone is 4. The molecule has 0 aromatic heterocycles. The summed E-state index contributed by atoms with van der Waals surface area (Å²) in [6, 6.07) is 7.08. The average molecular weight is 386 g/mol. The summed E-state index contributed by atoms with van der Waals surface area (Å²) in [6.45, 7) is 6.63. The molecule has 5 nitrogen and oxygen atoms in total. The average Bonchev–Trinajstić information content (AvgIpc) is 2.69. The molecular formula is C21H27N3O2S. The van der Waals surface area contributed by atoms with Crippen molar-refractivity contribution < 1.29 is 9.53 Å². The van der Waals surface area contributed by atoms with Crippen molar-refractivity contribution in [2.24, 2.45) is 4.99 Å². The fourth-order valence-corrected chi connectivity index (χ4v) is 3.47. The van der Waals surface area contributed by atoms with Gasteiger partial charge in [0.15, 0.2) is 5.17 Å². The van der Waals surface area contributed by atoms with Gasteiger partial charge in [-0.05, 0) is 37.1 Å². The van der Waals surface area contributed by atoms with E-state index in [2.05, 4.69) is 29.9 Å². The van der Waals surface area contributed by atoms with Crippen LogP contribution in [-0.4, -0.2) is 35.5 Å². The van der Waals surface area contributed by atoms with Gasteiger partial charge in [0, 0.05) is 12.3 Å². The lowest BCUT2D eigenvalue weighted by Crippen LogP contribution is -2.38. The van der Waals surface area contributed by atoms with E-state index in [0.29, 0.717) is 16.6 Å². The minimum Gasteiger partial charge on any atom is -0.495 e. The molecule has 1 aromatic carbocycles. The zero-order chi connectivity index (χ0) is 19.5. The van der Waals surface area contributed by atoms with Crippen LogP contribution in [0.5, 0.6) is 5.75 Å². The summed E-state index contributed by atoms with van der Waals surface area (Å²) in [4.78, 5) is 19.4. The molecule has 1 aliphatic heterocycles. The highest BCUT2D eigenvalue weighted by Crippen LogP contribution is 2.26. The monoisotopic (exact) mass is 385 g/mol. The van der Waals surface area contributed by atoms with E-state index in [1.54, 1.807) is 29.8 Å². The summed E-state index contributed by atoms with van der Waals surface area (Å²) in [5.41, 5.74) is 1.35. The normalized spacial score (nSPS) is 14.6. The number of carbonyl (C=O) groups is 1. The van der Waals surface area contributed by atoms with E-state index in [0.717, 1.165) is 37.3 Å². The lowest BCUT2D eigenvalue weighted by Gasteiger charge is -2.27. The zero-order valence-corrected chi connectivity index (χ0v) is 16.8. The van der Waals surface area contributed by atoms with Gasteiger partial charge in [-0.3, -0.25) is 4.99 Å². The van der Waals surface area contributed by atoms with Gasteiger partial charge in [-0.25, -0.2) is 9.69 Å². The highest BCUT2D eigenvalue weighted by atomic mass is 32.2. The number of hydrogen-bond donors (Lipinski definition) is 1. The quantitative estimate of drug-likeness (QED) is 0.635. The molecule has 2 rings (SSSR count). The molecule has 0 bridgehead atoms. The van der Waals surface area contributed by atoms with Crippen LogP contribution in [0.15, 0.2) is 65.8 Å². The number of ether oxygens (including phenoxy) is 1. The molecule has 1 aromatic rings. The Balaban J connectivity index is 2.35. The number of rotatable bonds is 7. The number of hydrogen-bond acceptors (Lipinski definition) is 4. The van der Waals surface area contributed by atoms with Crippen molar-refractivity contribution in [3.05, 3.63) is 60.8 Å². The van der Waals surface area contributed by atoms with Crippen molar-refractivity contribution in [2.75, 3.05) is 24.7 Å². The fourth-order valence-electron chi connectivity index (χ4n) is 2.51. The topological polar surface area (TPSA) is 53.9 Å². The first-order chi connectivity index (χ1) is 13.2. The molecule has 27 heavy (non-hydrogen) atoms. The van der Waals surface area contributed by atoms with Gasteiger partial charge in [0.05, 0.1) is 18.5 Å². The molecule has 0 atom stereocenters. The predicted molar refractivity (Wildman–Crippen MR) is 116 cm³/mol. The van der Waals surface area contributed by atoms with Crippen LogP contribution in [0.3, 0.4) is 0 Å². The minimum absolute atomic E-state index is 0.276. The summed E-state index contributed by atoms with van der Waals surface area (Å²) in [6.07, 6.45) is 10.5. The second-order valence-electron chi connectivity index (χ2n) is 5.85. The van der Waals surface area contributed by atoms with Crippen molar-refractivity contribution in [1.82, 2.24) is 4.90 Å². The van der Waals surface area contributed by atoms with Gasteiger partial charge >= 0.3 is 6.03 Å². The van der Waals surface area contributed by atoms with E-state index in [-0.39, 0.29) is 6.03 Å². The molecule has 0 fully saturated rings. The van der Waals surface area contributed by atoms with Gasteiger partial charge in [-0.2, -0.15) is 0 Å². The Kier molecular flexibility index (Phi) is 8.71. The van der Waals surface area contributed by atoms with Crippen LogP contribution >= 0.6 is 11.8 Å². The first kappa shape index (κ1) is 20.8. The van der Waals surface area contributed by atoms with Crippen LogP contribution in [0.4, 0.5) is 10.5 Å². The predicted octanol–water partition coefficient (Wildman–Crippen LogP) is 5.45. The number of methoxy groups -OCH3 is 1. The molecule has 1 aliphatic rings. The maximum Gasteiger partial charge on any atom is 0.332 e. The van der Waals surface area contributed by atoms with Crippen molar-refractivity contribution in [1.29, 1.82) is 0 Å². The Labute approximate surface area is 165 Å². The highest BCUT2D eigenvalue weighted by molar-refractivity contribution is 8.13. The molecule has 2 amide bonds. The summed E-state index contributed by atoms with van der Waals surface area (Å²) >= 11 is 1.59. The second-order valence-corrected chi connectivity index (χ2v) is 6.91. The van der Waals surface area contributed by atoms with E-state index < -0.39 is 0 Å². The fraction of sp³-hybridized carbons (Fsp3) is 0.333. The second kappa shape index (κ2) is 11.3. The van der Waals surface area contributed by atoms with E-state index in [1.807, 2.05) is 36.4 Å². The summed E-state index contributed by atoms with van der Waals surface area (Å²) < 4.78 is 5.35. The molecular weight excluding hydrogens is 358 g/mol. The Morgan fingerprint density at radius 1 is 1.44 bits per heavy atom. The van der Waals surface area contributed by atoms with Crippen LogP contribution in [0, 0.1) is 0 Å². The van der Waals surface area contributed by atoms with Crippen LogP contribution in [-0.2, 0) is 0 Å². The molecule has 0 unspecified atom stereocenters. The maximum absolute atomic E-state index is 13.2. The van der Waals surface area contributed by atoms with E-state index in [4.69, 9.17) is 4.74 Å². The van der Waals surface area contributed by atoms with E-state index >= 15 is 0 Å². The number of carbonyl (C=O) groups excluding carboxylic acids is 1. The van der Waals surface area contributed by atoms with Crippen molar-refractivity contribution in [3.63, 3.8) is 0 Å². The van der Waals surface area contributed by atoms with Gasteiger partial charge in [0.25, 0.3) is 0 Å². The number of amidine groups is 1. The van der Waals surface area contributed by atoms with E-state index in [1.165, 1.54) is 0 Å². The van der Waals surface area contributed by atoms with Crippen LogP contribution in [0.25, 0.3) is 0 Å². The summed E-state index contributed by atoms with van der Waals surface area (Å²) in [5.74, 6) is 1.55. The molecule has 0 saturated heterocycles.